The maximum atomic E-state index is 6.55. The molecule has 0 spiro atoms. The standard InChI is InChI=1S/C15H13BrCl2O2/c1-19-10-4-6-12(14(8-10)20-2)15(18)11-5-3-9(16)7-13(11)17/h3-8,15H,1-2H3. The van der Waals surface area contributed by atoms with Crippen molar-refractivity contribution in [2.45, 2.75) is 5.38 Å². The van der Waals surface area contributed by atoms with Crippen molar-refractivity contribution in [3.8, 4) is 11.5 Å². The van der Waals surface area contributed by atoms with Crippen LogP contribution in [0.25, 0.3) is 0 Å². The van der Waals surface area contributed by atoms with Gasteiger partial charge in [0, 0.05) is 21.1 Å². The average Bonchev–Trinajstić information content (AvgIpc) is 2.46. The highest BCUT2D eigenvalue weighted by molar-refractivity contribution is 9.10. The van der Waals surface area contributed by atoms with Gasteiger partial charge >= 0.3 is 0 Å². The minimum Gasteiger partial charge on any atom is -0.497 e. The number of rotatable bonds is 4. The minimum atomic E-state index is -0.392. The van der Waals surface area contributed by atoms with E-state index in [9.17, 15) is 0 Å². The number of alkyl halides is 1. The zero-order valence-electron chi connectivity index (χ0n) is 11.0. The molecule has 0 saturated carbocycles. The zero-order chi connectivity index (χ0) is 14.7. The van der Waals surface area contributed by atoms with Crippen LogP contribution in [0.3, 0.4) is 0 Å². The van der Waals surface area contributed by atoms with E-state index in [0.29, 0.717) is 10.8 Å². The molecule has 0 radical (unpaired) electrons. The number of hydrogen-bond donors (Lipinski definition) is 0. The molecule has 2 rings (SSSR count). The second-order valence-electron chi connectivity index (χ2n) is 4.14. The Morgan fingerprint density at radius 3 is 2.30 bits per heavy atom. The zero-order valence-corrected chi connectivity index (χ0v) is 14.1. The molecule has 2 aromatic carbocycles. The third-order valence-electron chi connectivity index (χ3n) is 2.95. The third kappa shape index (κ3) is 3.22. The van der Waals surface area contributed by atoms with E-state index in [4.69, 9.17) is 32.7 Å². The molecule has 0 aliphatic rings. The summed E-state index contributed by atoms with van der Waals surface area (Å²) in [4.78, 5) is 0. The van der Waals surface area contributed by atoms with E-state index in [2.05, 4.69) is 15.9 Å². The molecule has 0 bridgehead atoms. The van der Waals surface area contributed by atoms with E-state index >= 15 is 0 Å². The fraction of sp³-hybridized carbons (Fsp3) is 0.200. The predicted octanol–water partition coefficient (Wildman–Crippen LogP) is 5.45. The first-order valence-corrected chi connectivity index (χ1v) is 7.48. The Kier molecular flexibility index (Phi) is 5.19. The molecule has 0 aliphatic carbocycles. The highest BCUT2D eigenvalue weighted by Gasteiger charge is 2.19. The number of ether oxygens (including phenoxy) is 2. The maximum absolute atomic E-state index is 6.55. The van der Waals surface area contributed by atoms with Crippen molar-refractivity contribution in [3.05, 3.63) is 57.0 Å². The molecule has 2 nitrogen and oxygen atoms in total. The van der Waals surface area contributed by atoms with Gasteiger partial charge in [-0.05, 0) is 29.8 Å². The van der Waals surface area contributed by atoms with Crippen molar-refractivity contribution in [2.75, 3.05) is 14.2 Å². The van der Waals surface area contributed by atoms with Gasteiger partial charge in [-0.15, -0.1) is 11.6 Å². The summed E-state index contributed by atoms with van der Waals surface area (Å²) in [6.45, 7) is 0. The molecule has 5 heteroatoms. The van der Waals surface area contributed by atoms with Crippen molar-refractivity contribution >= 4 is 39.1 Å². The van der Waals surface area contributed by atoms with E-state index in [-0.39, 0.29) is 0 Å². The maximum Gasteiger partial charge on any atom is 0.127 e. The lowest BCUT2D eigenvalue weighted by molar-refractivity contribution is 0.391. The van der Waals surface area contributed by atoms with Gasteiger partial charge in [0.2, 0.25) is 0 Å². The Balaban J connectivity index is 2.44. The highest BCUT2D eigenvalue weighted by atomic mass is 79.9. The Morgan fingerprint density at radius 2 is 1.70 bits per heavy atom. The van der Waals surface area contributed by atoms with Gasteiger partial charge in [-0.3, -0.25) is 0 Å². The number of methoxy groups -OCH3 is 2. The van der Waals surface area contributed by atoms with Crippen LogP contribution in [0.15, 0.2) is 40.9 Å². The van der Waals surface area contributed by atoms with Crippen LogP contribution in [-0.4, -0.2) is 14.2 Å². The lowest BCUT2D eigenvalue weighted by Gasteiger charge is -2.16. The average molecular weight is 376 g/mol. The summed E-state index contributed by atoms with van der Waals surface area (Å²) in [5, 5.41) is 0.216. The van der Waals surface area contributed by atoms with Crippen molar-refractivity contribution < 1.29 is 9.47 Å². The topological polar surface area (TPSA) is 18.5 Å². The van der Waals surface area contributed by atoms with Crippen LogP contribution in [0.4, 0.5) is 0 Å². The lowest BCUT2D eigenvalue weighted by Crippen LogP contribution is -1.99. The van der Waals surface area contributed by atoms with Crippen LogP contribution in [0.2, 0.25) is 5.02 Å². The summed E-state index contributed by atoms with van der Waals surface area (Å²) in [6, 6.07) is 11.2. The van der Waals surface area contributed by atoms with Gasteiger partial charge in [-0.2, -0.15) is 0 Å². The van der Waals surface area contributed by atoms with Gasteiger partial charge in [0.1, 0.15) is 11.5 Å². The molecule has 2 aromatic rings. The smallest absolute Gasteiger partial charge is 0.127 e. The first-order chi connectivity index (χ1) is 9.56. The molecule has 0 N–H and O–H groups in total. The number of benzene rings is 2. The first-order valence-electron chi connectivity index (χ1n) is 5.87. The Hall–Kier alpha value is -0.900. The molecular weight excluding hydrogens is 363 g/mol. The van der Waals surface area contributed by atoms with Gasteiger partial charge < -0.3 is 9.47 Å². The molecule has 0 amide bonds. The van der Waals surface area contributed by atoms with Crippen LogP contribution in [0.1, 0.15) is 16.5 Å². The summed E-state index contributed by atoms with van der Waals surface area (Å²) in [7, 11) is 3.21. The number of halogens is 3. The monoisotopic (exact) mass is 374 g/mol. The minimum absolute atomic E-state index is 0.392. The summed E-state index contributed by atoms with van der Waals surface area (Å²) >= 11 is 16.2. The Morgan fingerprint density at radius 1 is 1.00 bits per heavy atom. The van der Waals surface area contributed by atoms with Crippen molar-refractivity contribution in [1.29, 1.82) is 0 Å². The predicted molar refractivity (Wildman–Crippen MR) is 86.4 cm³/mol. The molecule has 1 atom stereocenters. The SMILES string of the molecule is COc1ccc(C(Cl)c2ccc(Br)cc2Cl)c(OC)c1. The first kappa shape index (κ1) is 15.5. The third-order valence-corrected chi connectivity index (χ3v) is 4.24. The fourth-order valence-corrected chi connectivity index (χ4v) is 3.11. The summed E-state index contributed by atoms with van der Waals surface area (Å²) < 4.78 is 11.5. The normalized spacial score (nSPS) is 12.1. The Bertz CT molecular complexity index is 617. The molecular formula is C15H13BrCl2O2. The van der Waals surface area contributed by atoms with Crippen molar-refractivity contribution in [3.63, 3.8) is 0 Å². The molecule has 1 unspecified atom stereocenters. The largest absolute Gasteiger partial charge is 0.497 e. The quantitative estimate of drug-likeness (QED) is 0.661. The van der Waals surface area contributed by atoms with E-state index in [1.807, 2.05) is 30.3 Å². The fourth-order valence-electron chi connectivity index (χ4n) is 1.90. The van der Waals surface area contributed by atoms with Crippen LogP contribution < -0.4 is 9.47 Å². The van der Waals surface area contributed by atoms with Crippen LogP contribution >= 0.6 is 39.1 Å². The molecule has 0 aromatic heterocycles. The molecule has 0 saturated heterocycles. The summed E-state index contributed by atoms with van der Waals surface area (Å²) in [6.07, 6.45) is 0. The van der Waals surface area contributed by atoms with Crippen LogP contribution in [-0.2, 0) is 0 Å². The molecule has 0 aliphatic heterocycles. The highest BCUT2D eigenvalue weighted by Crippen LogP contribution is 2.40. The molecule has 106 valence electrons. The van der Waals surface area contributed by atoms with Crippen molar-refractivity contribution in [1.82, 2.24) is 0 Å². The van der Waals surface area contributed by atoms with E-state index in [1.165, 1.54) is 0 Å². The van der Waals surface area contributed by atoms with E-state index in [0.717, 1.165) is 21.3 Å². The molecule has 20 heavy (non-hydrogen) atoms. The van der Waals surface area contributed by atoms with Crippen LogP contribution in [0.5, 0.6) is 11.5 Å². The van der Waals surface area contributed by atoms with Crippen molar-refractivity contribution in [2.24, 2.45) is 0 Å². The van der Waals surface area contributed by atoms with E-state index in [1.54, 1.807) is 20.3 Å². The number of hydrogen-bond acceptors (Lipinski definition) is 2. The molecule has 0 heterocycles. The van der Waals surface area contributed by atoms with E-state index < -0.39 is 5.38 Å². The summed E-state index contributed by atoms with van der Waals surface area (Å²) in [5.41, 5.74) is 1.68. The van der Waals surface area contributed by atoms with Gasteiger partial charge in [-0.1, -0.05) is 33.6 Å². The molecule has 0 fully saturated rings. The van der Waals surface area contributed by atoms with Gasteiger partial charge in [0.15, 0.2) is 0 Å². The second kappa shape index (κ2) is 6.70. The lowest BCUT2D eigenvalue weighted by atomic mass is 10.0. The van der Waals surface area contributed by atoms with Gasteiger partial charge in [0.05, 0.1) is 19.6 Å². The summed E-state index contributed by atoms with van der Waals surface area (Å²) in [5.74, 6) is 1.39. The second-order valence-corrected chi connectivity index (χ2v) is 5.90. The van der Waals surface area contributed by atoms with Gasteiger partial charge in [0.25, 0.3) is 0 Å². The Labute approximate surface area is 136 Å². The van der Waals surface area contributed by atoms with Crippen LogP contribution in [0, 0.1) is 0 Å². The van der Waals surface area contributed by atoms with Gasteiger partial charge in [-0.25, -0.2) is 0 Å².